The Morgan fingerprint density at radius 1 is 0.949 bits per heavy atom. The van der Waals surface area contributed by atoms with E-state index in [1.165, 1.54) is 4.90 Å². The van der Waals surface area contributed by atoms with Crippen LogP contribution in [0.1, 0.15) is 45.7 Å². The molecule has 0 saturated carbocycles. The standard InChI is InChI=1S/C33H38N2O4/c1-22(2)20-35-30(34(7)32(37)39-33(4,5)6)29(25-15-13-23(3)14-16-25)28-19-26(17-18-27(28)31(35)36)38-21-24-11-9-8-10-12-24/h8-19,22H,20-21H2,1-7H3. The lowest BCUT2D eigenvalue weighted by Gasteiger charge is -2.29. The van der Waals surface area contributed by atoms with E-state index in [4.69, 9.17) is 9.47 Å². The molecule has 1 heterocycles. The van der Waals surface area contributed by atoms with Gasteiger partial charge in [-0.15, -0.1) is 0 Å². The van der Waals surface area contributed by atoms with Crippen molar-refractivity contribution >= 4 is 22.7 Å². The summed E-state index contributed by atoms with van der Waals surface area (Å²) in [5, 5.41) is 1.29. The van der Waals surface area contributed by atoms with Crippen LogP contribution in [0.25, 0.3) is 21.9 Å². The minimum Gasteiger partial charge on any atom is -0.489 e. The lowest BCUT2D eigenvalue weighted by molar-refractivity contribution is 0.0587. The summed E-state index contributed by atoms with van der Waals surface area (Å²) in [4.78, 5) is 28.8. The van der Waals surface area contributed by atoms with Crippen LogP contribution in [0.5, 0.6) is 5.75 Å². The van der Waals surface area contributed by atoms with E-state index in [0.29, 0.717) is 30.1 Å². The van der Waals surface area contributed by atoms with E-state index in [-0.39, 0.29) is 11.5 Å². The molecule has 0 aliphatic heterocycles. The molecule has 0 spiro atoms. The van der Waals surface area contributed by atoms with Gasteiger partial charge in [-0.25, -0.2) is 4.79 Å². The lowest BCUT2D eigenvalue weighted by Crippen LogP contribution is -2.38. The number of hydrogen-bond donors (Lipinski definition) is 0. The van der Waals surface area contributed by atoms with Gasteiger partial charge in [-0.2, -0.15) is 0 Å². The number of aromatic nitrogens is 1. The molecule has 3 aromatic carbocycles. The van der Waals surface area contributed by atoms with Gasteiger partial charge in [0.1, 0.15) is 23.8 Å². The number of aryl methyl sites for hydroxylation is 1. The Labute approximate surface area is 230 Å². The summed E-state index contributed by atoms with van der Waals surface area (Å²) < 4.78 is 13.6. The minimum atomic E-state index is -0.687. The molecule has 6 nitrogen and oxygen atoms in total. The fourth-order valence-electron chi connectivity index (χ4n) is 4.55. The first kappa shape index (κ1) is 28.0. The fraction of sp³-hybridized carbons (Fsp3) is 0.333. The van der Waals surface area contributed by atoms with Crippen molar-refractivity contribution in [2.75, 3.05) is 11.9 Å². The molecule has 0 N–H and O–H groups in total. The van der Waals surface area contributed by atoms with Crippen molar-refractivity contribution in [3.8, 4) is 16.9 Å². The predicted octanol–water partition coefficient (Wildman–Crippen LogP) is 7.58. The van der Waals surface area contributed by atoms with Crippen molar-refractivity contribution in [3.63, 3.8) is 0 Å². The monoisotopic (exact) mass is 526 g/mol. The molecular formula is C33H38N2O4. The summed E-state index contributed by atoms with van der Waals surface area (Å²) in [6.07, 6.45) is -0.524. The molecule has 0 bridgehead atoms. The fourth-order valence-corrected chi connectivity index (χ4v) is 4.55. The summed E-state index contributed by atoms with van der Waals surface area (Å²) in [5.74, 6) is 1.32. The topological polar surface area (TPSA) is 60.8 Å². The lowest BCUT2D eigenvalue weighted by atomic mass is 9.97. The van der Waals surface area contributed by atoms with Crippen LogP contribution in [0.2, 0.25) is 0 Å². The molecule has 0 aliphatic carbocycles. The van der Waals surface area contributed by atoms with Crippen molar-refractivity contribution < 1.29 is 14.3 Å². The van der Waals surface area contributed by atoms with Crippen LogP contribution < -0.4 is 15.2 Å². The normalized spacial score (nSPS) is 11.6. The first-order chi connectivity index (χ1) is 18.4. The van der Waals surface area contributed by atoms with Crippen LogP contribution in [0.15, 0.2) is 77.6 Å². The molecule has 0 atom stereocenters. The van der Waals surface area contributed by atoms with Crippen molar-refractivity contribution in [2.45, 2.75) is 60.3 Å². The molecule has 0 fully saturated rings. The zero-order valence-corrected chi connectivity index (χ0v) is 23.9. The summed E-state index contributed by atoms with van der Waals surface area (Å²) in [6.45, 7) is 12.5. The van der Waals surface area contributed by atoms with Crippen LogP contribution in [0, 0.1) is 12.8 Å². The number of rotatable bonds is 7. The second-order valence-electron chi connectivity index (χ2n) is 11.4. The number of ether oxygens (including phenoxy) is 2. The Hall–Kier alpha value is -4.06. The van der Waals surface area contributed by atoms with Gasteiger partial charge >= 0.3 is 6.09 Å². The molecule has 0 saturated heterocycles. The van der Waals surface area contributed by atoms with Gasteiger partial charge in [0, 0.05) is 29.9 Å². The summed E-state index contributed by atoms with van der Waals surface area (Å²) in [6, 6.07) is 23.6. The molecule has 4 rings (SSSR count). The minimum absolute atomic E-state index is 0.158. The second-order valence-corrected chi connectivity index (χ2v) is 11.4. The van der Waals surface area contributed by atoms with E-state index in [1.807, 2.05) is 100 Å². The van der Waals surface area contributed by atoms with E-state index in [0.717, 1.165) is 27.6 Å². The number of pyridine rings is 1. The number of anilines is 1. The molecule has 204 valence electrons. The van der Waals surface area contributed by atoms with Crippen LogP contribution in [0.4, 0.5) is 10.6 Å². The molecule has 4 aromatic rings. The van der Waals surface area contributed by atoms with Crippen molar-refractivity contribution in [3.05, 3.63) is 94.3 Å². The quantitative estimate of drug-likeness (QED) is 0.249. The van der Waals surface area contributed by atoms with E-state index in [2.05, 4.69) is 13.8 Å². The third kappa shape index (κ3) is 6.51. The Morgan fingerprint density at radius 3 is 2.23 bits per heavy atom. The Balaban J connectivity index is 1.98. The van der Waals surface area contributed by atoms with Gasteiger partial charge in [-0.05, 0) is 62.9 Å². The van der Waals surface area contributed by atoms with E-state index in [9.17, 15) is 9.59 Å². The third-order valence-corrected chi connectivity index (χ3v) is 6.34. The molecule has 1 amide bonds. The van der Waals surface area contributed by atoms with Crippen LogP contribution in [0.3, 0.4) is 0 Å². The van der Waals surface area contributed by atoms with Gasteiger partial charge in [0.25, 0.3) is 5.56 Å². The summed E-state index contributed by atoms with van der Waals surface area (Å²) in [5.41, 5.74) is 3.00. The number of hydrogen-bond acceptors (Lipinski definition) is 4. The number of carbonyl (C=O) groups excluding carboxylic acids is 1. The van der Waals surface area contributed by atoms with Crippen molar-refractivity contribution in [1.82, 2.24) is 4.57 Å². The number of benzene rings is 3. The average molecular weight is 527 g/mol. The number of carbonyl (C=O) groups is 1. The first-order valence-corrected chi connectivity index (χ1v) is 13.4. The molecule has 0 unspecified atom stereocenters. The summed E-state index contributed by atoms with van der Waals surface area (Å²) >= 11 is 0. The molecule has 0 radical (unpaired) electrons. The Bertz CT molecular complexity index is 1510. The highest BCUT2D eigenvalue weighted by Gasteiger charge is 2.28. The van der Waals surface area contributed by atoms with E-state index in [1.54, 1.807) is 11.6 Å². The highest BCUT2D eigenvalue weighted by molar-refractivity contribution is 6.05. The maximum absolute atomic E-state index is 14.0. The number of amides is 1. The second kappa shape index (κ2) is 11.4. The van der Waals surface area contributed by atoms with E-state index >= 15 is 0 Å². The SMILES string of the molecule is Cc1ccc(-c2c(N(C)C(=O)OC(C)(C)C)n(CC(C)C)c(=O)c3ccc(OCc4ccccc4)cc23)cc1. The highest BCUT2D eigenvalue weighted by atomic mass is 16.6. The first-order valence-electron chi connectivity index (χ1n) is 13.4. The van der Waals surface area contributed by atoms with Gasteiger partial charge in [-0.1, -0.05) is 74.0 Å². The highest BCUT2D eigenvalue weighted by Crippen LogP contribution is 2.38. The third-order valence-electron chi connectivity index (χ3n) is 6.34. The Kier molecular flexibility index (Phi) is 8.14. The van der Waals surface area contributed by atoms with Crippen LogP contribution in [-0.4, -0.2) is 23.3 Å². The molecule has 6 heteroatoms. The van der Waals surface area contributed by atoms with Crippen molar-refractivity contribution in [1.29, 1.82) is 0 Å². The zero-order valence-electron chi connectivity index (χ0n) is 23.9. The number of fused-ring (bicyclic) bond motifs is 1. The molecular weight excluding hydrogens is 488 g/mol. The summed E-state index contributed by atoms with van der Waals surface area (Å²) in [7, 11) is 1.67. The van der Waals surface area contributed by atoms with Crippen LogP contribution >= 0.6 is 0 Å². The van der Waals surface area contributed by atoms with Gasteiger partial charge in [-0.3, -0.25) is 14.3 Å². The van der Waals surface area contributed by atoms with Gasteiger partial charge in [0.2, 0.25) is 0 Å². The Morgan fingerprint density at radius 2 is 1.62 bits per heavy atom. The average Bonchev–Trinajstić information content (AvgIpc) is 2.88. The molecule has 39 heavy (non-hydrogen) atoms. The van der Waals surface area contributed by atoms with Gasteiger partial charge in [0.05, 0.1) is 0 Å². The van der Waals surface area contributed by atoms with E-state index < -0.39 is 11.7 Å². The maximum Gasteiger partial charge on any atom is 0.415 e. The largest absolute Gasteiger partial charge is 0.489 e. The predicted molar refractivity (Wildman–Crippen MR) is 159 cm³/mol. The zero-order chi connectivity index (χ0) is 28.3. The van der Waals surface area contributed by atoms with Gasteiger partial charge < -0.3 is 9.47 Å². The molecule has 1 aromatic heterocycles. The smallest absolute Gasteiger partial charge is 0.415 e. The molecule has 0 aliphatic rings. The number of nitrogens with zero attached hydrogens (tertiary/aromatic N) is 2. The van der Waals surface area contributed by atoms with Crippen molar-refractivity contribution in [2.24, 2.45) is 5.92 Å². The van der Waals surface area contributed by atoms with Crippen LogP contribution in [-0.2, 0) is 17.9 Å². The van der Waals surface area contributed by atoms with Gasteiger partial charge in [0.15, 0.2) is 0 Å². The maximum atomic E-state index is 14.0.